The number of aromatic nitrogens is 3. The number of hydrogen-bond donors (Lipinski definition) is 0. The van der Waals surface area contributed by atoms with E-state index in [4.69, 9.17) is 4.74 Å². The van der Waals surface area contributed by atoms with Crippen LogP contribution in [-0.4, -0.2) is 15.9 Å². The molecule has 7 rings (SSSR count). The predicted octanol–water partition coefficient (Wildman–Crippen LogP) is 5.72. The van der Waals surface area contributed by atoms with E-state index in [9.17, 15) is 22.0 Å². The summed E-state index contributed by atoms with van der Waals surface area (Å²) in [6.07, 6.45) is 1.63. The van der Waals surface area contributed by atoms with Crippen molar-refractivity contribution in [2.75, 3.05) is 0 Å². The van der Waals surface area contributed by atoms with E-state index in [0.717, 1.165) is 33.0 Å². The molecule has 37 heavy (non-hydrogen) atoms. The molecule has 0 spiro atoms. The zero-order chi connectivity index (χ0) is 25.4. The van der Waals surface area contributed by atoms with Crippen LogP contribution in [0.25, 0.3) is 27.6 Å². The first-order chi connectivity index (χ1) is 17.9. The molecule has 0 saturated heterocycles. The zero-order valence-corrected chi connectivity index (χ0v) is 19.1. The summed E-state index contributed by atoms with van der Waals surface area (Å²) in [5.74, 6) is -9.83. The second kappa shape index (κ2) is 7.94. The number of halogens is 5. The quantitative estimate of drug-likeness (QED) is 0.133. The monoisotopic (exact) mass is 506 g/mol. The lowest BCUT2D eigenvalue weighted by Gasteiger charge is -2.23. The Labute approximate surface area is 207 Å². The van der Waals surface area contributed by atoms with Crippen LogP contribution in [0.15, 0.2) is 67.0 Å². The van der Waals surface area contributed by atoms with Crippen molar-refractivity contribution < 1.29 is 31.3 Å². The summed E-state index contributed by atoms with van der Waals surface area (Å²) in [6, 6.07) is 20.0. The number of benzene rings is 4. The highest BCUT2D eigenvalue weighted by Gasteiger charge is 2.44. The molecule has 184 valence electrons. The summed E-state index contributed by atoms with van der Waals surface area (Å²) in [6.45, 7) is 0.0354. The van der Waals surface area contributed by atoms with Crippen molar-refractivity contribution in [3.8, 4) is 16.8 Å². The summed E-state index contributed by atoms with van der Waals surface area (Å²) in [7, 11) is 0. The smallest absolute Gasteiger partial charge is 0.304 e. The molecule has 4 nitrogen and oxygen atoms in total. The van der Waals surface area contributed by atoms with Gasteiger partial charge in [0.05, 0.1) is 0 Å². The number of fused-ring (bicyclic) bond motifs is 6. The molecule has 0 N–H and O–H groups in total. The van der Waals surface area contributed by atoms with Gasteiger partial charge in [0.15, 0.2) is 0 Å². The highest BCUT2D eigenvalue weighted by atomic mass is 19.2. The van der Waals surface area contributed by atoms with Crippen LogP contribution >= 0.6 is 0 Å². The van der Waals surface area contributed by atoms with E-state index in [2.05, 4.69) is 23.3 Å². The molecule has 9 heteroatoms. The molecule has 4 aromatic carbocycles. The van der Waals surface area contributed by atoms with E-state index in [1.807, 2.05) is 42.5 Å². The third-order valence-electron chi connectivity index (χ3n) is 7.24. The predicted molar refractivity (Wildman–Crippen MR) is 123 cm³/mol. The fourth-order valence-electron chi connectivity index (χ4n) is 5.51. The molecule has 0 amide bonds. The van der Waals surface area contributed by atoms with E-state index in [1.165, 1.54) is 6.33 Å². The molecule has 2 aliphatic rings. The van der Waals surface area contributed by atoms with Crippen molar-refractivity contribution in [2.45, 2.75) is 25.2 Å². The molecule has 0 saturated carbocycles. The molecule has 0 radical (unpaired) electrons. The van der Waals surface area contributed by atoms with E-state index in [1.54, 1.807) is 4.57 Å². The van der Waals surface area contributed by atoms with Gasteiger partial charge < -0.3 is 4.74 Å². The number of ether oxygens (including phenoxy) is 1. The van der Waals surface area contributed by atoms with Crippen molar-refractivity contribution in [3.05, 3.63) is 113 Å². The van der Waals surface area contributed by atoms with Crippen LogP contribution in [0.1, 0.15) is 23.0 Å². The Hall–Kier alpha value is -4.11. The van der Waals surface area contributed by atoms with Gasteiger partial charge >= 0.3 is 5.82 Å². The number of nitrogens with zero attached hydrogens (tertiary/aromatic N) is 3. The molecule has 0 bridgehead atoms. The first-order valence-electron chi connectivity index (χ1n) is 11.7. The highest BCUT2D eigenvalue weighted by molar-refractivity contribution is 5.96. The van der Waals surface area contributed by atoms with Gasteiger partial charge in [-0.15, -0.1) is 0 Å². The SMILES string of the molecule is Fc1c(F)c(F)c(-n2c[n+]3c(n2)CO[C@H]2Cc4ccc(-c5cccc6ccccc56)cc4[C@H]23)c(F)c1F. The first kappa shape index (κ1) is 22.1. The Morgan fingerprint density at radius 3 is 2.38 bits per heavy atom. The Morgan fingerprint density at radius 2 is 1.57 bits per heavy atom. The molecule has 1 aromatic heterocycles. The fraction of sp³-hybridized carbons (Fsp3) is 0.143. The average molecular weight is 506 g/mol. The molecule has 2 atom stereocenters. The summed E-state index contributed by atoms with van der Waals surface area (Å²) < 4.78 is 78.7. The molecule has 1 aliphatic heterocycles. The maximum absolute atomic E-state index is 14.5. The third kappa shape index (κ3) is 3.16. The van der Waals surface area contributed by atoms with E-state index < -0.39 is 34.8 Å². The maximum atomic E-state index is 14.5. The van der Waals surface area contributed by atoms with Gasteiger partial charge in [-0.25, -0.2) is 17.7 Å². The van der Waals surface area contributed by atoms with Crippen LogP contribution in [0.4, 0.5) is 22.0 Å². The normalized spacial score (nSPS) is 18.1. The van der Waals surface area contributed by atoms with Gasteiger partial charge in [0.25, 0.3) is 0 Å². The standard InChI is InChI=1S/C28H17F5N3O/c29-22-23(30)25(32)28(26(33)24(22)31)36-13-35-21(34-36)12-37-20-11-16-9-8-15(10-19(16)27(20)35)18-7-3-5-14-4-1-2-6-17(14)18/h1-10,13,20,27H,11-12H2/q+1/t20-,27+/m0/s1. The van der Waals surface area contributed by atoms with Crippen molar-refractivity contribution in [2.24, 2.45) is 0 Å². The lowest BCUT2D eigenvalue weighted by atomic mass is 9.95. The second-order valence-corrected chi connectivity index (χ2v) is 9.24. The van der Waals surface area contributed by atoms with E-state index in [0.29, 0.717) is 16.9 Å². The minimum absolute atomic E-state index is 0.0354. The first-order valence-corrected chi connectivity index (χ1v) is 11.7. The Balaban J connectivity index is 1.36. The largest absolute Gasteiger partial charge is 0.363 e. The highest BCUT2D eigenvalue weighted by Crippen LogP contribution is 2.39. The van der Waals surface area contributed by atoms with Crippen LogP contribution in [0.2, 0.25) is 0 Å². The van der Waals surface area contributed by atoms with Crippen molar-refractivity contribution in [1.82, 2.24) is 9.78 Å². The zero-order valence-electron chi connectivity index (χ0n) is 19.1. The van der Waals surface area contributed by atoms with Crippen LogP contribution in [-0.2, 0) is 17.8 Å². The van der Waals surface area contributed by atoms with Crippen LogP contribution in [0.3, 0.4) is 0 Å². The number of hydrogen-bond acceptors (Lipinski definition) is 2. The van der Waals surface area contributed by atoms with Gasteiger partial charge in [0.1, 0.15) is 18.8 Å². The average Bonchev–Trinajstić information content (AvgIpc) is 3.51. The molecule has 1 aliphatic carbocycles. The van der Waals surface area contributed by atoms with Gasteiger partial charge in [0, 0.05) is 11.5 Å². The maximum Gasteiger partial charge on any atom is 0.304 e. The van der Waals surface area contributed by atoms with E-state index >= 15 is 0 Å². The summed E-state index contributed by atoms with van der Waals surface area (Å²) in [5.41, 5.74) is 2.94. The molecule has 0 unspecified atom stereocenters. The van der Waals surface area contributed by atoms with Gasteiger partial charge in [0.2, 0.25) is 41.1 Å². The minimum atomic E-state index is -2.21. The van der Waals surface area contributed by atoms with Crippen molar-refractivity contribution in [3.63, 3.8) is 0 Å². The Kier molecular flexibility index (Phi) is 4.75. The van der Waals surface area contributed by atoms with Gasteiger partial charge in [-0.3, -0.25) is 0 Å². The topological polar surface area (TPSA) is 30.9 Å². The summed E-state index contributed by atoms with van der Waals surface area (Å²) >= 11 is 0. The Morgan fingerprint density at radius 1 is 0.838 bits per heavy atom. The molecule has 2 heterocycles. The Bertz CT molecular complexity index is 1710. The van der Waals surface area contributed by atoms with Crippen LogP contribution in [0, 0.1) is 29.1 Å². The molecular formula is C28H17F5N3O+. The summed E-state index contributed by atoms with van der Waals surface area (Å²) in [5, 5.41) is 6.34. The van der Waals surface area contributed by atoms with Gasteiger partial charge in [-0.05, 0) is 39.1 Å². The molecular weight excluding hydrogens is 489 g/mol. The lowest BCUT2D eigenvalue weighted by Crippen LogP contribution is -2.51. The second-order valence-electron chi connectivity index (χ2n) is 9.24. The van der Waals surface area contributed by atoms with Gasteiger partial charge in [-0.2, -0.15) is 8.78 Å². The number of rotatable bonds is 2. The molecule has 0 fully saturated rings. The lowest BCUT2D eigenvalue weighted by molar-refractivity contribution is -0.739. The van der Waals surface area contributed by atoms with Crippen molar-refractivity contribution in [1.29, 1.82) is 0 Å². The fourth-order valence-corrected chi connectivity index (χ4v) is 5.51. The van der Waals surface area contributed by atoms with Crippen LogP contribution in [0.5, 0.6) is 0 Å². The van der Waals surface area contributed by atoms with E-state index in [-0.39, 0.29) is 18.8 Å². The third-order valence-corrected chi connectivity index (χ3v) is 7.24. The van der Waals surface area contributed by atoms with Crippen molar-refractivity contribution >= 4 is 10.8 Å². The van der Waals surface area contributed by atoms with Crippen LogP contribution < -0.4 is 4.57 Å². The minimum Gasteiger partial charge on any atom is -0.363 e. The summed E-state index contributed by atoms with van der Waals surface area (Å²) in [4.78, 5) is 0. The van der Waals surface area contributed by atoms with Gasteiger partial charge in [-0.1, -0.05) is 59.3 Å². The molecule has 5 aromatic rings.